The molecule has 0 spiro atoms. The molecule has 8 nitrogen and oxygen atoms in total. The average Bonchev–Trinajstić information content (AvgIpc) is 3.46. The highest BCUT2D eigenvalue weighted by Crippen LogP contribution is 2.37. The summed E-state index contributed by atoms with van der Waals surface area (Å²) in [5, 5.41) is 14.7. The molecule has 2 aromatic heterocycles. The molecule has 0 radical (unpaired) electrons. The van der Waals surface area contributed by atoms with Gasteiger partial charge in [0, 0.05) is 30.4 Å². The third-order valence-corrected chi connectivity index (χ3v) is 5.72. The van der Waals surface area contributed by atoms with Gasteiger partial charge in [0.25, 0.3) is 0 Å². The zero-order valence-electron chi connectivity index (χ0n) is 16.8. The smallest absolute Gasteiger partial charge is 0.331 e. The van der Waals surface area contributed by atoms with Crippen molar-refractivity contribution < 1.29 is 23.5 Å². The van der Waals surface area contributed by atoms with Crippen LogP contribution in [-0.4, -0.2) is 46.9 Å². The Labute approximate surface area is 174 Å². The fourth-order valence-electron chi connectivity index (χ4n) is 3.72. The van der Waals surface area contributed by atoms with E-state index in [0.717, 1.165) is 31.2 Å². The zero-order valence-corrected chi connectivity index (χ0v) is 17.6. The molecule has 29 heavy (non-hydrogen) atoms. The molecule has 0 bridgehead atoms. The van der Waals surface area contributed by atoms with E-state index in [4.69, 9.17) is 13.9 Å². The summed E-state index contributed by atoms with van der Waals surface area (Å²) in [6, 6.07) is 1.08. The maximum absolute atomic E-state index is 12.6. The SMILES string of the molecule is CCOC(=O)C(NC(=O)CCc1nnc(-c2ccsc2)o1)C1(OCC)CCCC1. The van der Waals surface area contributed by atoms with E-state index in [1.165, 1.54) is 0 Å². The maximum atomic E-state index is 12.6. The van der Waals surface area contributed by atoms with Crippen molar-refractivity contribution in [1.29, 1.82) is 0 Å². The number of carbonyl (C=O) groups is 2. The topological polar surface area (TPSA) is 104 Å². The molecule has 1 saturated carbocycles. The highest BCUT2D eigenvalue weighted by molar-refractivity contribution is 7.08. The summed E-state index contributed by atoms with van der Waals surface area (Å²) in [5.74, 6) is 0.0970. The third-order valence-electron chi connectivity index (χ3n) is 5.04. The van der Waals surface area contributed by atoms with E-state index in [-0.39, 0.29) is 18.9 Å². The fraction of sp³-hybridized carbons (Fsp3) is 0.600. The first-order chi connectivity index (χ1) is 14.1. The van der Waals surface area contributed by atoms with E-state index in [2.05, 4.69) is 15.5 Å². The number of amides is 1. The maximum Gasteiger partial charge on any atom is 0.331 e. The molecule has 2 heterocycles. The van der Waals surface area contributed by atoms with Gasteiger partial charge in [0.2, 0.25) is 17.7 Å². The predicted molar refractivity (Wildman–Crippen MR) is 107 cm³/mol. The Bertz CT molecular complexity index is 799. The van der Waals surface area contributed by atoms with Crippen LogP contribution in [0.25, 0.3) is 11.5 Å². The van der Waals surface area contributed by atoms with Crippen molar-refractivity contribution in [2.24, 2.45) is 0 Å². The van der Waals surface area contributed by atoms with Crippen LogP contribution in [0.15, 0.2) is 21.2 Å². The number of nitrogens with one attached hydrogen (secondary N) is 1. The van der Waals surface area contributed by atoms with Crippen LogP contribution in [-0.2, 0) is 25.5 Å². The van der Waals surface area contributed by atoms with Crippen LogP contribution in [0.3, 0.4) is 0 Å². The van der Waals surface area contributed by atoms with Gasteiger partial charge in [-0.1, -0.05) is 12.8 Å². The minimum absolute atomic E-state index is 0.128. The molecule has 1 unspecified atom stereocenters. The van der Waals surface area contributed by atoms with E-state index in [0.29, 0.717) is 24.8 Å². The van der Waals surface area contributed by atoms with E-state index in [1.807, 2.05) is 23.8 Å². The zero-order chi connectivity index (χ0) is 20.7. The number of aromatic nitrogens is 2. The van der Waals surface area contributed by atoms with E-state index in [9.17, 15) is 9.59 Å². The van der Waals surface area contributed by atoms with Gasteiger partial charge in [-0.25, -0.2) is 4.79 Å². The molecule has 0 saturated heterocycles. The molecule has 0 aliphatic heterocycles. The Morgan fingerprint density at radius 2 is 2.07 bits per heavy atom. The lowest BCUT2D eigenvalue weighted by molar-refractivity contribution is -0.159. The van der Waals surface area contributed by atoms with Crippen molar-refractivity contribution in [2.45, 2.75) is 64.0 Å². The first-order valence-corrected chi connectivity index (χ1v) is 11.0. The summed E-state index contributed by atoms with van der Waals surface area (Å²) in [7, 11) is 0. The lowest BCUT2D eigenvalue weighted by atomic mass is 9.91. The van der Waals surface area contributed by atoms with Gasteiger partial charge in [0.05, 0.1) is 12.2 Å². The first kappa shape index (κ1) is 21.4. The average molecular weight is 422 g/mol. The molecule has 0 aromatic carbocycles. The second-order valence-electron chi connectivity index (χ2n) is 6.97. The normalized spacial score (nSPS) is 16.5. The molecule has 2 aromatic rings. The van der Waals surface area contributed by atoms with Crippen LogP contribution >= 0.6 is 11.3 Å². The van der Waals surface area contributed by atoms with Gasteiger partial charge in [0.1, 0.15) is 0 Å². The molecule has 3 rings (SSSR count). The molecule has 1 atom stereocenters. The molecule has 1 N–H and O–H groups in total. The number of rotatable bonds is 10. The quantitative estimate of drug-likeness (QED) is 0.588. The lowest BCUT2D eigenvalue weighted by Crippen LogP contribution is -2.57. The number of esters is 1. The summed E-state index contributed by atoms with van der Waals surface area (Å²) in [4.78, 5) is 25.2. The van der Waals surface area contributed by atoms with Gasteiger partial charge in [0.15, 0.2) is 6.04 Å². The van der Waals surface area contributed by atoms with Crippen molar-refractivity contribution in [1.82, 2.24) is 15.5 Å². The highest BCUT2D eigenvalue weighted by atomic mass is 32.1. The number of thiophene rings is 1. The summed E-state index contributed by atoms with van der Waals surface area (Å²) in [5.41, 5.74) is 0.160. The lowest BCUT2D eigenvalue weighted by Gasteiger charge is -2.36. The highest BCUT2D eigenvalue weighted by Gasteiger charge is 2.47. The minimum Gasteiger partial charge on any atom is -0.464 e. The summed E-state index contributed by atoms with van der Waals surface area (Å²) in [6.07, 6.45) is 3.78. The van der Waals surface area contributed by atoms with E-state index < -0.39 is 17.6 Å². The molecule has 1 aliphatic carbocycles. The van der Waals surface area contributed by atoms with Gasteiger partial charge in [-0.2, -0.15) is 11.3 Å². The number of nitrogens with zero attached hydrogens (tertiary/aromatic N) is 2. The Morgan fingerprint density at radius 3 is 2.72 bits per heavy atom. The van der Waals surface area contributed by atoms with Crippen LogP contribution in [0.1, 0.15) is 51.8 Å². The van der Waals surface area contributed by atoms with Gasteiger partial charge in [-0.05, 0) is 38.1 Å². The Hall–Kier alpha value is -2.26. The molecule has 1 fully saturated rings. The van der Waals surface area contributed by atoms with E-state index in [1.54, 1.807) is 18.3 Å². The monoisotopic (exact) mass is 421 g/mol. The fourth-order valence-corrected chi connectivity index (χ4v) is 4.35. The molecular weight excluding hydrogens is 394 g/mol. The number of ether oxygens (including phenoxy) is 2. The van der Waals surface area contributed by atoms with Crippen molar-refractivity contribution in [3.63, 3.8) is 0 Å². The molecule has 1 aliphatic rings. The number of aryl methyl sites for hydroxylation is 1. The second-order valence-corrected chi connectivity index (χ2v) is 7.75. The Balaban J connectivity index is 1.63. The van der Waals surface area contributed by atoms with Gasteiger partial charge in [-0.15, -0.1) is 10.2 Å². The van der Waals surface area contributed by atoms with Crippen LogP contribution in [0.2, 0.25) is 0 Å². The first-order valence-electron chi connectivity index (χ1n) is 10.0. The number of carbonyl (C=O) groups excluding carboxylic acids is 2. The molecular formula is C20H27N3O5S. The van der Waals surface area contributed by atoms with Gasteiger partial charge in [-0.3, -0.25) is 4.79 Å². The van der Waals surface area contributed by atoms with Gasteiger partial charge >= 0.3 is 5.97 Å². The Morgan fingerprint density at radius 1 is 1.28 bits per heavy atom. The van der Waals surface area contributed by atoms with Crippen LogP contribution in [0, 0.1) is 0 Å². The van der Waals surface area contributed by atoms with Crippen LogP contribution in [0.4, 0.5) is 0 Å². The largest absolute Gasteiger partial charge is 0.464 e. The predicted octanol–water partition coefficient (Wildman–Crippen LogP) is 3.13. The van der Waals surface area contributed by atoms with Crippen molar-refractivity contribution >= 4 is 23.2 Å². The molecule has 1 amide bonds. The van der Waals surface area contributed by atoms with Crippen LogP contribution in [0.5, 0.6) is 0 Å². The second kappa shape index (κ2) is 9.98. The Kier molecular flexibility index (Phi) is 7.38. The minimum atomic E-state index is -0.818. The summed E-state index contributed by atoms with van der Waals surface area (Å²) in [6.45, 7) is 4.37. The third kappa shape index (κ3) is 5.22. The number of hydrogen-bond donors (Lipinski definition) is 1. The molecule has 158 valence electrons. The van der Waals surface area contributed by atoms with Crippen molar-refractivity contribution in [3.05, 3.63) is 22.7 Å². The number of hydrogen-bond acceptors (Lipinski definition) is 8. The molecule has 9 heteroatoms. The summed E-state index contributed by atoms with van der Waals surface area (Å²) >= 11 is 1.54. The van der Waals surface area contributed by atoms with Crippen molar-refractivity contribution in [3.8, 4) is 11.5 Å². The standard InChI is InChI=1S/C20H27N3O5S/c1-3-26-19(25)17(20(27-4-2)10-5-6-11-20)21-15(24)7-8-16-22-23-18(28-16)14-9-12-29-13-14/h9,12-13,17H,3-8,10-11H2,1-2H3,(H,21,24). The van der Waals surface area contributed by atoms with E-state index >= 15 is 0 Å². The van der Waals surface area contributed by atoms with Gasteiger partial charge < -0.3 is 19.2 Å². The summed E-state index contributed by atoms with van der Waals surface area (Å²) < 4.78 is 16.8. The van der Waals surface area contributed by atoms with Crippen molar-refractivity contribution in [2.75, 3.05) is 13.2 Å². The van der Waals surface area contributed by atoms with Crippen LogP contribution < -0.4 is 5.32 Å².